The number of carboxylic acids is 1. The van der Waals surface area contributed by atoms with E-state index in [-0.39, 0.29) is 89.5 Å². The Bertz CT molecular complexity index is 2810. The van der Waals surface area contributed by atoms with Crippen molar-refractivity contribution in [3.8, 4) is 28.2 Å². The van der Waals surface area contributed by atoms with Crippen molar-refractivity contribution in [1.82, 2.24) is 14.5 Å². The number of aryl methyl sites for hydroxylation is 1. The Morgan fingerprint density at radius 3 is 2.57 bits per heavy atom. The summed E-state index contributed by atoms with van der Waals surface area (Å²) in [6, 6.07) is 12.8. The lowest BCUT2D eigenvalue weighted by Crippen LogP contribution is -2.33. The molecule has 4 aliphatic rings. The van der Waals surface area contributed by atoms with Gasteiger partial charge in [0.05, 0.1) is 30.1 Å². The number of aliphatic hydroxyl groups is 1. The van der Waals surface area contributed by atoms with Crippen molar-refractivity contribution in [3.63, 3.8) is 0 Å². The van der Waals surface area contributed by atoms with Gasteiger partial charge in [0, 0.05) is 84.8 Å². The Balaban J connectivity index is 0.884. The van der Waals surface area contributed by atoms with Gasteiger partial charge in [0.15, 0.2) is 5.43 Å². The number of benzene rings is 3. The van der Waals surface area contributed by atoms with Crippen molar-refractivity contribution in [2.75, 3.05) is 37.9 Å². The molecular weight excluding hydrogens is 868 g/mol. The van der Waals surface area contributed by atoms with Crippen molar-refractivity contribution in [1.29, 1.82) is 0 Å². The van der Waals surface area contributed by atoms with Crippen LogP contribution in [0.1, 0.15) is 47.8 Å². The number of likely N-dealkylation sites (tertiary alicyclic amines) is 1. The summed E-state index contributed by atoms with van der Waals surface area (Å²) >= 11 is 1.09. The third kappa shape index (κ3) is 9.99. The second kappa shape index (κ2) is 18.8. The summed E-state index contributed by atoms with van der Waals surface area (Å²) < 4.78 is 41.5. The molecule has 22 heteroatoms. The number of imide groups is 1. The first-order valence-electron chi connectivity index (χ1n) is 19.5. The van der Waals surface area contributed by atoms with Crippen LogP contribution >= 0.6 is 19.6 Å². The number of phenolic OH excluding ortho intramolecular Hbond substituents is 1. The number of hydrogen-bond acceptors (Lipinski definition) is 16. The molecular formula is C41H41N4O16PS. The average Bonchev–Trinajstić information content (AvgIpc) is 3.74. The molecule has 63 heavy (non-hydrogen) atoms. The van der Waals surface area contributed by atoms with E-state index < -0.39 is 73.1 Å². The maximum absolute atomic E-state index is 13.1. The van der Waals surface area contributed by atoms with Crippen LogP contribution in [0.25, 0.3) is 33.4 Å². The number of fused-ring (bicyclic) bond motifs is 2. The Labute approximate surface area is 360 Å². The number of carbonyl (C=O) groups excluding carboxylic acids is 3. The van der Waals surface area contributed by atoms with Crippen molar-refractivity contribution < 1.29 is 61.8 Å². The monoisotopic (exact) mass is 908 g/mol. The number of nitrogens with one attached hydrogen (secondary N) is 2. The normalized spacial score (nSPS) is 19.8. The van der Waals surface area contributed by atoms with Crippen molar-refractivity contribution >= 4 is 59.9 Å². The van der Waals surface area contributed by atoms with Gasteiger partial charge in [-0.2, -0.15) is 0 Å². The van der Waals surface area contributed by atoms with Crippen molar-refractivity contribution in [2.45, 2.75) is 56.3 Å². The van der Waals surface area contributed by atoms with E-state index in [2.05, 4.69) is 10.3 Å². The largest absolute Gasteiger partial charge is 0.508 e. The van der Waals surface area contributed by atoms with Gasteiger partial charge in [0.25, 0.3) is 5.56 Å². The quantitative estimate of drug-likeness (QED) is 0.0383. The number of aromatic hydroxyl groups is 1. The third-order valence-corrected chi connectivity index (χ3v) is 13.0. The average molecular weight is 909 g/mol. The summed E-state index contributed by atoms with van der Waals surface area (Å²) in [5.74, 6) is -2.48. The van der Waals surface area contributed by atoms with E-state index in [9.17, 15) is 53.4 Å². The number of phenols is 1. The van der Waals surface area contributed by atoms with Crippen LogP contribution in [-0.4, -0.2) is 104 Å². The second-order valence-corrected chi connectivity index (χ2v) is 17.7. The fraction of sp³-hybridized carbons (Fsp3) is 0.341. The highest BCUT2D eigenvalue weighted by Gasteiger charge is 2.40. The minimum atomic E-state index is -4.16. The molecule has 0 radical (unpaired) electrons. The van der Waals surface area contributed by atoms with Crippen LogP contribution in [0.2, 0.25) is 0 Å². The summed E-state index contributed by atoms with van der Waals surface area (Å²) in [5.41, 5.74) is 0.0663. The number of ether oxygens (including phenoxy) is 1. The van der Waals surface area contributed by atoms with Crippen molar-refractivity contribution in [3.05, 3.63) is 103 Å². The third-order valence-electron chi connectivity index (χ3n) is 10.4. The standard InChI is InChI=1S/C41H41N4O16PS/c1-21-19-45(41(55)43-38(21)51)36-17-29(48)32(61-36)20-59-62(56,57-2)58-12-13-63-33-18-35(50)44(39(33)52)11-3-4-34(49)42-22-5-8-25(28(14-22)40(53)54)37-26-9-6-23(46)15-30(26)60-31-16-24(47)7-10-27(31)37/h5-10,14-16,19,29,32-33,36,46,48H,3-4,11-13,17-18,20H2,1-2H3,(H,42,49)(H,53,54)(H,43,51,55)/t29-,32-,33?,36-,62?/m1/s1. The molecule has 0 spiro atoms. The number of H-pyrrole nitrogens is 1. The van der Waals surface area contributed by atoms with E-state index >= 15 is 0 Å². The topological polar surface area (TPSA) is 283 Å². The number of nitrogens with zero attached hydrogens (tertiary/aromatic N) is 2. The highest BCUT2D eigenvalue weighted by molar-refractivity contribution is 8.00. The Morgan fingerprint density at radius 2 is 1.81 bits per heavy atom. The van der Waals surface area contributed by atoms with E-state index in [1.54, 1.807) is 6.07 Å². The molecule has 5 atom stereocenters. The number of aromatic amines is 1. The molecule has 332 valence electrons. The van der Waals surface area contributed by atoms with Crippen LogP contribution < -0.4 is 22.0 Å². The molecule has 5 N–H and O–H groups in total. The fourth-order valence-corrected chi connectivity index (χ4v) is 9.34. The number of aromatic carboxylic acids is 1. The summed E-state index contributed by atoms with van der Waals surface area (Å²) in [4.78, 5) is 90.7. The number of carbonyl (C=O) groups is 4. The van der Waals surface area contributed by atoms with Crippen LogP contribution in [0.3, 0.4) is 0 Å². The van der Waals surface area contributed by atoms with Crippen molar-refractivity contribution in [2.24, 2.45) is 0 Å². The van der Waals surface area contributed by atoms with Gasteiger partial charge in [-0.1, -0.05) is 6.07 Å². The zero-order valence-corrected chi connectivity index (χ0v) is 35.3. The molecule has 2 aromatic carbocycles. The van der Waals surface area contributed by atoms with E-state index in [1.165, 1.54) is 61.7 Å². The molecule has 3 aromatic rings. The predicted molar refractivity (Wildman–Crippen MR) is 226 cm³/mol. The molecule has 1 aromatic heterocycles. The van der Waals surface area contributed by atoms with Gasteiger partial charge in [-0.05, 0) is 55.3 Å². The molecule has 1 aliphatic carbocycles. The number of aliphatic hydroxyl groups excluding tert-OH is 1. The van der Waals surface area contributed by atoms with Crippen LogP contribution in [0.5, 0.6) is 5.75 Å². The Kier molecular flexibility index (Phi) is 13.5. The number of amides is 3. The van der Waals surface area contributed by atoms with Gasteiger partial charge in [0.1, 0.15) is 29.4 Å². The summed E-state index contributed by atoms with van der Waals surface area (Å²) in [6.07, 6.45) is -1.85. The number of anilines is 1. The Morgan fingerprint density at radius 1 is 1.03 bits per heavy atom. The van der Waals surface area contributed by atoms with Crippen LogP contribution in [0.15, 0.2) is 79.6 Å². The molecule has 3 aliphatic heterocycles. The molecule has 0 saturated carbocycles. The number of thioether (sulfide) groups is 1. The molecule has 20 nitrogen and oxygen atoms in total. The lowest BCUT2D eigenvalue weighted by molar-refractivity contribution is -0.138. The SMILES string of the molecule is COP(=O)(OCCSC1CC(=O)N(CCCC(=O)Nc2ccc(-c3c4ccc(=O)cc-4oc4cc(O)ccc34)c(C(=O)O)c2)C1=O)OC[C@H]1O[C@@H](n2cc(C)c(=O)[nH]c2=O)C[C@H]1O. The van der Waals surface area contributed by atoms with Gasteiger partial charge >= 0.3 is 19.5 Å². The van der Waals surface area contributed by atoms with Gasteiger partial charge < -0.3 is 29.8 Å². The summed E-state index contributed by atoms with van der Waals surface area (Å²) in [5, 5.41) is 33.2. The molecule has 2 fully saturated rings. The predicted octanol–water partition coefficient (Wildman–Crippen LogP) is 3.84. The lowest BCUT2D eigenvalue weighted by atomic mass is 9.90. The van der Waals surface area contributed by atoms with Gasteiger partial charge in [0.2, 0.25) is 17.7 Å². The zero-order chi connectivity index (χ0) is 45.2. The Hall–Kier alpha value is -5.93. The number of phosphoric ester groups is 1. The molecule has 2 unspecified atom stereocenters. The molecule has 4 heterocycles. The van der Waals surface area contributed by atoms with E-state index in [0.29, 0.717) is 16.5 Å². The minimum absolute atomic E-state index is 0.0119. The van der Waals surface area contributed by atoms with E-state index in [0.717, 1.165) is 28.3 Å². The number of hydrogen-bond donors (Lipinski definition) is 5. The van der Waals surface area contributed by atoms with Gasteiger partial charge in [-0.25, -0.2) is 14.2 Å². The first kappa shape index (κ1) is 45.1. The van der Waals surface area contributed by atoms with Crippen LogP contribution in [-0.2, 0) is 37.3 Å². The smallest absolute Gasteiger partial charge is 0.474 e. The number of phosphoric acid groups is 1. The second-order valence-electron chi connectivity index (χ2n) is 14.6. The minimum Gasteiger partial charge on any atom is -0.508 e. The lowest BCUT2D eigenvalue weighted by Gasteiger charge is -2.20. The molecule has 0 bridgehead atoms. The highest BCUT2D eigenvalue weighted by Crippen LogP contribution is 2.49. The van der Waals surface area contributed by atoms with Crippen LogP contribution in [0, 0.1) is 6.92 Å². The van der Waals surface area contributed by atoms with Crippen LogP contribution in [0.4, 0.5) is 5.69 Å². The first-order chi connectivity index (χ1) is 30.0. The van der Waals surface area contributed by atoms with E-state index in [4.69, 9.17) is 22.7 Å². The number of carboxylic acid groups (broad SMARTS) is 1. The highest BCUT2D eigenvalue weighted by atomic mass is 32.2. The number of aromatic nitrogens is 2. The summed E-state index contributed by atoms with van der Waals surface area (Å²) in [7, 11) is -3.07. The van der Waals surface area contributed by atoms with Gasteiger partial charge in [-0.3, -0.25) is 52.0 Å². The maximum atomic E-state index is 13.1. The maximum Gasteiger partial charge on any atom is 0.474 e. The van der Waals surface area contributed by atoms with E-state index in [1.807, 2.05) is 0 Å². The molecule has 2 saturated heterocycles. The molecule has 3 amide bonds. The van der Waals surface area contributed by atoms with Gasteiger partial charge in [-0.15, -0.1) is 11.8 Å². The number of rotatable bonds is 17. The summed E-state index contributed by atoms with van der Waals surface area (Å²) in [6.45, 7) is 0.831. The molecule has 7 rings (SSSR count). The fourth-order valence-electron chi connectivity index (χ4n) is 7.29. The zero-order valence-electron chi connectivity index (χ0n) is 33.6. The first-order valence-corrected chi connectivity index (χ1v) is 22.0.